The molecule has 0 spiro atoms. The van der Waals surface area contributed by atoms with E-state index in [-0.39, 0.29) is 0 Å². The lowest BCUT2D eigenvalue weighted by molar-refractivity contribution is 0.0440. The molecule has 0 bridgehead atoms. The van der Waals surface area contributed by atoms with Gasteiger partial charge < -0.3 is 10.2 Å². The van der Waals surface area contributed by atoms with E-state index in [1.165, 1.54) is 37.1 Å². The molecule has 0 aromatic heterocycles. The number of hydrogen-bond donors (Lipinski definition) is 1. The van der Waals surface area contributed by atoms with Crippen molar-refractivity contribution >= 4 is 0 Å². The molecule has 2 unspecified atom stereocenters. The van der Waals surface area contributed by atoms with E-state index in [1.54, 1.807) is 5.57 Å². The maximum Gasteiger partial charge on any atom is 0.0548 e. The van der Waals surface area contributed by atoms with Crippen LogP contribution in [-0.4, -0.2) is 47.1 Å². The fraction of sp³-hybridized carbons (Fsp3) is 0.667. The normalized spacial score (nSPS) is 35.7. The van der Waals surface area contributed by atoms with Gasteiger partial charge in [-0.05, 0) is 57.3 Å². The van der Waals surface area contributed by atoms with Crippen LogP contribution in [-0.2, 0) is 0 Å². The van der Waals surface area contributed by atoms with Crippen molar-refractivity contribution in [3.05, 3.63) is 35.2 Å². The monoisotopic (exact) mass is 285 g/mol. The Morgan fingerprint density at radius 2 is 2.19 bits per heavy atom. The lowest BCUT2D eigenvalue weighted by Gasteiger charge is -2.52. The highest BCUT2D eigenvalue weighted by Crippen LogP contribution is 2.42. The molecule has 3 heterocycles. The van der Waals surface area contributed by atoms with Crippen molar-refractivity contribution in [1.82, 2.24) is 15.1 Å². The highest BCUT2D eigenvalue weighted by Gasteiger charge is 2.47. The maximum atomic E-state index is 3.78. The minimum absolute atomic E-state index is 0.535. The molecule has 0 aromatic rings. The Morgan fingerprint density at radius 3 is 3.00 bits per heavy atom. The molecule has 1 aliphatic carbocycles. The summed E-state index contributed by atoms with van der Waals surface area (Å²) in [5.41, 5.74) is 4.68. The Morgan fingerprint density at radius 1 is 1.33 bits per heavy atom. The van der Waals surface area contributed by atoms with E-state index < -0.39 is 0 Å². The lowest BCUT2D eigenvalue weighted by Crippen LogP contribution is -2.67. The molecule has 4 rings (SSSR count). The molecule has 0 aromatic carbocycles. The third kappa shape index (κ3) is 2.01. The Balaban J connectivity index is 1.72. The number of allylic oxidation sites excluding steroid dienone is 2. The standard InChI is InChI=1S/C18H27N3/c1-12(2)20-9-8-19-17-13(3)11-21-15-7-5-4-6-14(15)10-16(21)18(17)20/h5,7,11-12,16-19H,4,6,8-10H2,1-3H3/t16-,17?,18?/m0/s1. The summed E-state index contributed by atoms with van der Waals surface area (Å²) in [6, 6.07) is 2.40. The third-order valence-corrected chi connectivity index (χ3v) is 5.69. The van der Waals surface area contributed by atoms with Crippen LogP contribution < -0.4 is 5.32 Å². The Bertz CT molecular complexity index is 529. The number of hydrogen-bond acceptors (Lipinski definition) is 3. The van der Waals surface area contributed by atoms with E-state index in [2.05, 4.69) is 54.2 Å². The van der Waals surface area contributed by atoms with Crippen LogP contribution in [0.15, 0.2) is 35.2 Å². The summed E-state index contributed by atoms with van der Waals surface area (Å²) in [5, 5.41) is 3.78. The number of rotatable bonds is 1. The maximum absolute atomic E-state index is 3.78. The molecule has 3 heteroatoms. The van der Waals surface area contributed by atoms with Crippen molar-refractivity contribution < 1.29 is 0 Å². The van der Waals surface area contributed by atoms with E-state index in [1.807, 2.05) is 0 Å². The van der Waals surface area contributed by atoms with Crippen LogP contribution in [0.1, 0.15) is 40.0 Å². The van der Waals surface area contributed by atoms with E-state index in [0.29, 0.717) is 24.2 Å². The Kier molecular flexibility index (Phi) is 3.23. The van der Waals surface area contributed by atoms with Crippen LogP contribution in [0, 0.1) is 0 Å². The van der Waals surface area contributed by atoms with Gasteiger partial charge in [0, 0.05) is 37.1 Å². The van der Waals surface area contributed by atoms with Crippen LogP contribution in [0.5, 0.6) is 0 Å². The van der Waals surface area contributed by atoms with Crippen molar-refractivity contribution in [2.45, 2.75) is 64.2 Å². The molecule has 0 amide bonds. The van der Waals surface area contributed by atoms with E-state index in [0.717, 1.165) is 6.54 Å². The summed E-state index contributed by atoms with van der Waals surface area (Å²) in [7, 11) is 0. The number of piperazine rings is 1. The van der Waals surface area contributed by atoms with Gasteiger partial charge in [-0.2, -0.15) is 0 Å². The van der Waals surface area contributed by atoms with Gasteiger partial charge in [-0.15, -0.1) is 0 Å². The van der Waals surface area contributed by atoms with Gasteiger partial charge in [0.15, 0.2) is 0 Å². The molecule has 4 aliphatic rings. The summed E-state index contributed by atoms with van der Waals surface area (Å²) in [6.07, 6.45) is 10.9. The van der Waals surface area contributed by atoms with Crippen molar-refractivity contribution in [3.8, 4) is 0 Å². The molecule has 1 saturated heterocycles. The summed E-state index contributed by atoms with van der Waals surface area (Å²) >= 11 is 0. The number of nitrogens with zero attached hydrogens (tertiary/aromatic N) is 2. The fourth-order valence-electron chi connectivity index (χ4n) is 4.74. The van der Waals surface area contributed by atoms with Crippen molar-refractivity contribution in [3.63, 3.8) is 0 Å². The topological polar surface area (TPSA) is 18.5 Å². The van der Waals surface area contributed by atoms with Gasteiger partial charge in [0.1, 0.15) is 0 Å². The first-order valence-electron chi connectivity index (χ1n) is 8.51. The average molecular weight is 285 g/mol. The first kappa shape index (κ1) is 13.6. The minimum Gasteiger partial charge on any atom is -0.343 e. The van der Waals surface area contributed by atoms with Crippen molar-refractivity contribution in [2.24, 2.45) is 0 Å². The molecule has 0 radical (unpaired) electrons. The molecule has 114 valence electrons. The molecule has 3 atom stereocenters. The predicted molar refractivity (Wildman–Crippen MR) is 86.8 cm³/mol. The number of nitrogens with one attached hydrogen (secondary N) is 1. The largest absolute Gasteiger partial charge is 0.343 e. The van der Waals surface area contributed by atoms with Gasteiger partial charge in [-0.3, -0.25) is 4.90 Å². The second-order valence-corrected chi connectivity index (χ2v) is 7.24. The SMILES string of the molecule is CC1=CN2C3=C(CCC=C3)C[C@H]2C2C1NCCN2C(C)C. The van der Waals surface area contributed by atoms with Gasteiger partial charge in [-0.1, -0.05) is 6.08 Å². The van der Waals surface area contributed by atoms with Gasteiger partial charge >= 0.3 is 0 Å². The summed E-state index contributed by atoms with van der Waals surface area (Å²) < 4.78 is 0. The molecule has 3 aliphatic heterocycles. The summed E-state index contributed by atoms with van der Waals surface area (Å²) in [4.78, 5) is 5.32. The second-order valence-electron chi connectivity index (χ2n) is 7.24. The van der Waals surface area contributed by atoms with E-state index in [4.69, 9.17) is 0 Å². The molecular formula is C18H27N3. The zero-order valence-electron chi connectivity index (χ0n) is 13.5. The first-order valence-corrected chi connectivity index (χ1v) is 8.51. The minimum atomic E-state index is 0.535. The van der Waals surface area contributed by atoms with Crippen molar-refractivity contribution in [2.75, 3.05) is 13.1 Å². The molecule has 1 fully saturated rings. The summed E-state index contributed by atoms with van der Waals surface area (Å²) in [6.45, 7) is 9.29. The van der Waals surface area contributed by atoms with Gasteiger partial charge in [0.25, 0.3) is 0 Å². The van der Waals surface area contributed by atoms with Crippen LogP contribution in [0.3, 0.4) is 0 Å². The molecule has 21 heavy (non-hydrogen) atoms. The van der Waals surface area contributed by atoms with Gasteiger partial charge in [0.05, 0.1) is 12.1 Å². The van der Waals surface area contributed by atoms with Crippen molar-refractivity contribution in [1.29, 1.82) is 0 Å². The molecule has 3 nitrogen and oxygen atoms in total. The smallest absolute Gasteiger partial charge is 0.0548 e. The lowest BCUT2D eigenvalue weighted by atomic mass is 9.85. The Labute approximate surface area is 128 Å². The Hall–Kier alpha value is -1.06. The average Bonchev–Trinajstić information content (AvgIpc) is 2.85. The van der Waals surface area contributed by atoms with Crippen LogP contribution in [0.2, 0.25) is 0 Å². The summed E-state index contributed by atoms with van der Waals surface area (Å²) in [5.74, 6) is 0. The fourth-order valence-corrected chi connectivity index (χ4v) is 4.74. The molecule has 1 N–H and O–H groups in total. The highest BCUT2D eigenvalue weighted by molar-refractivity contribution is 5.40. The van der Waals surface area contributed by atoms with Gasteiger partial charge in [0.2, 0.25) is 0 Å². The van der Waals surface area contributed by atoms with Crippen LogP contribution in [0.25, 0.3) is 0 Å². The van der Waals surface area contributed by atoms with Crippen LogP contribution >= 0.6 is 0 Å². The molecule has 0 saturated carbocycles. The zero-order valence-corrected chi connectivity index (χ0v) is 13.5. The third-order valence-electron chi connectivity index (χ3n) is 5.69. The highest BCUT2D eigenvalue weighted by atomic mass is 15.3. The van der Waals surface area contributed by atoms with E-state index in [9.17, 15) is 0 Å². The first-order chi connectivity index (χ1) is 10.2. The zero-order chi connectivity index (χ0) is 14.6. The predicted octanol–water partition coefficient (Wildman–Crippen LogP) is 2.63. The molecular weight excluding hydrogens is 258 g/mol. The van der Waals surface area contributed by atoms with E-state index >= 15 is 0 Å². The second kappa shape index (κ2) is 4.99. The van der Waals surface area contributed by atoms with Crippen LogP contribution in [0.4, 0.5) is 0 Å². The number of fused-ring (bicyclic) bond motifs is 4. The quantitative estimate of drug-likeness (QED) is 0.799. The van der Waals surface area contributed by atoms with Gasteiger partial charge in [-0.25, -0.2) is 0 Å².